The van der Waals surface area contributed by atoms with Gasteiger partial charge >= 0.3 is 6.18 Å². The van der Waals surface area contributed by atoms with Crippen LogP contribution >= 0.6 is 23.2 Å². The highest BCUT2D eigenvalue weighted by molar-refractivity contribution is 7.89. The molecule has 0 aliphatic carbocycles. The van der Waals surface area contributed by atoms with Crippen LogP contribution in [0.3, 0.4) is 0 Å². The Morgan fingerprint density at radius 2 is 1.86 bits per heavy atom. The van der Waals surface area contributed by atoms with Crippen molar-refractivity contribution in [2.24, 2.45) is 7.05 Å². The standard InChI is InChI=1S/C15H13Cl2F4N3O3S/c1-7(15(19,20)21)23-28(26,27)11-6-24(2)13(12(11)17)14(25)22-8-3-4-10(18)9(16)5-8/h3-7,23H,1-2H3,(H,22,25)/t7-/m1/s1. The van der Waals surface area contributed by atoms with E-state index in [1.807, 2.05) is 0 Å². The quantitative estimate of drug-likeness (QED) is 0.661. The maximum atomic E-state index is 13.2. The van der Waals surface area contributed by atoms with Gasteiger partial charge in [0.25, 0.3) is 5.91 Å². The normalized spacial score (nSPS) is 13.4. The van der Waals surface area contributed by atoms with Crippen LogP contribution in [0.2, 0.25) is 10.0 Å². The molecule has 1 aromatic carbocycles. The Morgan fingerprint density at radius 1 is 1.25 bits per heavy atom. The van der Waals surface area contributed by atoms with Gasteiger partial charge in [-0.25, -0.2) is 12.8 Å². The molecule has 0 bridgehead atoms. The zero-order valence-corrected chi connectivity index (χ0v) is 16.6. The van der Waals surface area contributed by atoms with E-state index in [0.717, 1.165) is 22.9 Å². The molecule has 154 valence electrons. The van der Waals surface area contributed by atoms with Gasteiger partial charge in [0, 0.05) is 18.9 Å². The van der Waals surface area contributed by atoms with E-state index < -0.39 is 43.9 Å². The van der Waals surface area contributed by atoms with Gasteiger partial charge in [0.05, 0.1) is 10.0 Å². The lowest BCUT2D eigenvalue weighted by atomic mass is 10.3. The molecule has 0 saturated carbocycles. The number of aromatic nitrogens is 1. The number of amides is 1. The maximum absolute atomic E-state index is 13.2. The van der Waals surface area contributed by atoms with E-state index >= 15 is 0 Å². The molecule has 0 fully saturated rings. The highest BCUT2D eigenvalue weighted by Crippen LogP contribution is 2.30. The van der Waals surface area contributed by atoms with E-state index in [1.54, 1.807) is 0 Å². The van der Waals surface area contributed by atoms with Gasteiger partial charge in [-0.3, -0.25) is 4.79 Å². The van der Waals surface area contributed by atoms with Crippen molar-refractivity contribution in [2.75, 3.05) is 5.32 Å². The van der Waals surface area contributed by atoms with Gasteiger partial charge in [-0.05, 0) is 25.1 Å². The van der Waals surface area contributed by atoms with E-state index in [-0.39, 0.29) is 16.4 Å². The summed E-state index contributed by atoms with van der Waals surface area (Å²) >= 11 is 11.6. The summed E-state index contributed by atoms with van der Waals surface area (Å²) in [4.78, 5) is 11.7. The zero-order chi connectivity index (χ0) is 21.4. The van der Waals surface area contributed by atoms with Crippen molar-refractivity contribution in [3.63, 3.8) is 0 Å². The van der Waals surface area contributed by atoms with Gasteiger partial charge in [-0.2, -0.15) is 17.9 Å². The first kappa shape index (κ1) is 22.5. The number of hydrogen-bond donors (Lipinski definition) is 2. The van der Waals surface area contributed by atoms with E-state index in [0.29, 0.717) is 6.92 Å². The number of carbonyl (C=O) groups excluding carboxylic acids is 1. The van der Waals surface area contributed by atoms with Crippen LogP contribution in [-0.2, 0) is 17.1 Å². The van der Waals surface area contributed by atoms with Crippen LogP contribution in [0.4, 0.5) is 23.2 Å². The number of rotatable bonds is 5. The second-order valence-corrected chi connectivity index (χ2v) is 8.20. The molecule has 2 rings (SSSR count). The lowest BCUT2D eigenvalue weighted by molar-refractivity contribution is -0.147. The third-order valence-electron chi connectivity index (χ3n) is 3.59. The summed E-state index contributed by atoms with van der Waals surface area (Å²) in [5.41, 5.74) is -0.232. The molecule has 13 heteroatoms. The molecule has 0 spiro atoms. The zero-order valence-electron chi connectivity index (χ0n) is 14.2. The Bertz CT molecular complexity index is 1020. The number of nitrogens with one attached hydrogen (secondary N) is 2. The molecule has 2 N–H and O–H groups in total. The van der Waals surface area contributed by atoms with E-state index in [2.05, 4.69) is 5.32 Å². The third kappa shape index (κ3) is 4.77. The third-order valence-corrected chi connectivity index (χ3v) is 5.93. The van der Waals surface area contributed by atoms with E-state index in [4.69, 9.17) is 23.2 Å². The second-order valence-electron chi connectivity index (χ2n) is 5.73. The summed E-state index contributed by atoms with van der Waals surface area (Å²) in [6.07, 6.45) is -3.91. The molecule has 1 atom stereocenters. The van der Waals surface area contributed by atoms with Crippen molar-refractivity contribution >= 4 is 44.8 Å². The van der Waals surface area contributed by atoms with Gasteiger partial charge in [0.15, 0.2) is 0 Å². The number of carbonyl (C=O) groups is 1. The molecular formula is C15H13Cl2F4N3O3S. The molecule has 0 unspecified atom stereocenters. The number of alkyl halides is 3. The molecule has 28 heavy (non-hydrogen) atoms. The van der Waals surface area contributed by atoms with Crippen LogP contribution in [0.15, 0.2) is 29.3 Å². The minimum Gasteiger partial charge on any atom is -0.344 e. The smallest absolute Gasteiger partial charge is 0.344 e. The van der Waals surface area contributed by atoms with Crippen molar-refractivity contribution < 1.29 is 30.8 Å². The van der Waals surface area contributed by atoms with E-state index in [1.165, 1.54) is 17.8 Å². The van der Waals surface area contributed by atoms with Gasteiger partial charge < -0.3 is 9.88 Å². The number of nitrogens with zero attached hydrogens (tertiary/aromatic N) is 1. The summed E-state index contributed by atoms with van der Waals surface area (Å²) in [6.45, 7) is 0.625. The molecule has 0 saturated heterocycles. The molecule has 1 aromatic heterocycles. The first-order valence-electron chi connectivity index (χ1n) is 7.44. The molecule has 0 aliphatic heterocycles. The van der Waals surface area contributed by atoms with Crippen molar-refractivity contribution in [1.82, 2.24) is 9.29 Å². The summed E-state index contributed by atoms with van der Waals surface area (Å²) in [5, 5.41) is 1.51. The fourth-order valence-corrected chi connectivity index (χ4v) is 4.25. The van der Waals surface area contributed by atoms with Gasteiger partial charge in [0.2, 0.25) is 10.0 Å². The number of sulfonamides is 1. The number of halogens is 6. The van der Waals surface area contributed by atoms with Crippen molar-refractivity contribution in [3.8, 4) is 0 Å². The summed E-state index contributed by atoms with van der Waals surface area (Å²) in [6, 6.07) is 0.964. The van der Waals surface area contributed by atoms with Gasteiger partial charge in [0.1, 0.15) is 22.4 Å². The van der Waals surface area contributed by atoms with Crippen LogP contribution in [0.25, 0.3) is 0 Å². The largest absolute Gasteiger partial charge is 0.404 e. The molecule has 0 aliphatic rings. The van der Waals surface area contributed by atoms with Crippen LogP contribution in [-0.4, -0.2) is 31.1 Å². The topological polar surface area (TPSA) is 80.2 Å². The predicted molar refractivity (Wildman–Crippen MR) is 95.6 cm³/mol. The van der Waals surface area contributed by atoms with Gasteiger partial charge in [-0.15, -0.1) is 0 Å². The Labute approximate surface area is 167 Å². The Morgan fingerprint density at radius 3 is 2.39 bits per heavy atom. The monoisotopic (exact) mass is 461 g/mol. The predicted octanol–water partition coefficient (Wildman–Crippen LogP) is 3.95. The average molecular weight is 462 g/mol. The first-order chi connectivity index (χ1) is 12.7. The molecular weight excluding hydrogens is 449 g/mol. The van der Waals surface area contributed by atoms with Crippen LogP contribution in [0.1, 0.15) is 17.4 Å². The van der Waals surface area contributed by atoms with Crippen LogP contribution in [0.5, 0.6) is 0 Å². The maximum Gasteiger partial charge on any atom is 0.404 e. The lowest BCUT2D eigenvalue weighted by Gasteiger charge is -2.16. The fourth-order valence-electron chi connectivity index (χ4n) is 2.14. The minimum absolute atomic E-state index is 0.0990. The molecule has 6 nitrogen and oxygen atoms in total. The lowest BCUT2D eigenvalue weighted by Crippen LogP contribution is -2.42. The highest BCUT2D eigenvalue weighted by Gasteiger charge is 2.40. The molecule has 1 heterocycles. The highest BCUT2D eigenvalue weighted by atomic mass is 35.5. The Balaban J connectivity index is 2.34. The average Bonchev–Trinajstić information content (AvgIpc) is 2.85. The number of aryl methyl sites for hydroxylation is 1. The Kier molecular flexibility index (Phi) is 6.34. The van der Waals surface area contributed by atoms with Crippen molar-refractivity contribution in [2.45, 2.75) is 24.0 Å². The first-order valence-corrected chi connectivity index (χ1v) is 9.68. The van der Waals surface area contributed by atoms with Crippen molar-refractivity contribution in [3.05, 3.63) is 46.0 Å². The number of hydrogen-bond acceptors (Lipinski definition) is 3. The summed E-state index contributed by atoms with van der Waals surface area (Å²) in [7, 11) is -3.38. The molecule has 2 aromatic rings. The fraction of sp³-hybridized carbons (Fsp3) is 0.267. The number of benzene rings is 1. The van der Waals surface area contributed by atoms with Crippen LogP contribution < -0.4 is 10.0 Å². The van der Waals surface area contributed by atoms with Crippen molar-refractivity contribution in [1.29, 1.82) is 0 Å². The molecule has 1 amide bonds. The minimum atomic E-state index is -4.81. The second kappa shape index (κ2) is 7.90. The Hall–Kier alpha value is -1.82. The van der Waals surface area contributed by atoms with Crippen LogP contribution in [0, 0.1) is 5.82 Å². The molecule has 0 radical (unpaired) electrons. The summed E-state index contributed by atoms with van der Waals surface area (Å²) < 4.78 is 78.1. The number of anilines is 1. The van der Waals surface area contributed by atoms with E-state index in [9.17, 15) is 30.8 Å². The SMILES string of the molecule is C[C@@H](NS(=O)(=O)c1cn(C)c(C(=O)Nc2ccc(F)c(Cl)c2)c1Cl)C(F)(F)F. The van der Waals surface area contributed by atoms with Gasteiger partial charge in [-0.1, -0.05) is 23.2 Å². The summed E-state index contributed by atoms with van der Waals surface area (Å²) in [5.74, 6) is -1.59.